The maximum absolute atomic E-state index is 12.1. The number of hydrogen-bond acceptors (Lipinski definition) is 6. The first-order valence-electron chi connectivity index (χ1n) is 8.99. The highest BCUT2D eigenvalue weighted by atomic mass is 16.6. The molecule has 0 amide bonds. The lowest BCUT2D eigenvalue weighted by atomic mass is 9.83. The summed E-state index contributed by atoms with van der Waals surface area (Å²) in [4.78, 5) is 36.1. The van der Waals surface area contributed by atoms with E-state index in [1.54, 1.807) is 19.1 Å². The second-order valence-corrected chi connectivity index (χ2v) is 7.70. The fraction of sp³-hybridized carbons (Fsp3) is 0.571. The Kier molecular flexibility index (Phi) is 8.00. The molecule has 0 N–H and O–H groups in total. The molecule has 0 radical (unpaired) electrons. The molecule has 150 valence electrons. The second kappa shape index (κ2) is 9.53. The van der Waals surface area contributed by atoms with Crippen molar-refractivity contribution in [2.75, 3.05) is 14.2 Å². The van der Waals surface area contributed by atoms with Gasteiger partial charge in [-0.25, -0.2) is 4.79 Å². The zero-order valence-electron chi connectivity index (χ0n) is 17.2. The molecule has 1 aromatic carbocycles. The quantitative estimate of drug-likeness (QED) is 0.531. The van der Waals surface area contributed by atoms with Crippen molar-refractivity contribution in [2.45, 2.75) is 52.6 Å². The Bertz CT molecular complexity index is 656. The van der Waals surface area contributed by atoms with Crippen LogP contribution in [0.4, 0.5) is 0 Å². The zero-order valence-corrected chi connectivity index (χ0v) is 17.2. The number of carbonyl (C=O) groups excluding carboxylic acids is 3. The SMILES string of the molecule is COC(=O)C(C)C(CC(C)c1ccc(C(=O)OC(C)(C)C)cc1)C(=O)OC. The smallest absolute Gasteiger partial charge is 0.338 e. The van der Waals surface area contributed by atoms with Crippen molar-refractivity contribution in [1.82, 2.24) is 0 Å². The lowest BCUT2D eigenvalue weighted by Crippen LogP contribution is -2.30. The van der Waals surface area contributed by atoms with Crippen molar-refractivity contribution in [3.8, 4) is 0 Å². The van der Waals surface area contributed by atoms with Gasteiger partial charge in [0, 0.05) is 0 Å². The number of esters is 3. The molecule has 0 aliphatic rings. The molecule has 0 aromatic heterocycles. The van der Waals surface area contributed by atoms with Crippen molar-refractivity contribution < 1.29 is 28.6 Å². The molecule has 3 atom stereocenters. The summed E-state index contributed by atoms with van der Waals surface area (Å²) < 4.78 is 15.0. The summed E-state index contributed by atoms with van der Waals surface area (Å²) in [5, 5.41) is 0. The Morgan fingerprint density at radius 2 is 1.44 bits per heavy atom. The molecule has 0 aliphatic carbocycles. The third-order valence-electron chi connectivity index (χ3n) is 4.40. The van der Waals surface area contributed by atoms with E-state index < -0.39 is 29.4 Å². The van der Waals surface area contributed by atoms with E-state index in [2.05, 4.69) is 0 Å². The van der Waals surface area contributed by atoms with E-state index in [1.807, 2.05) is 39.8 Å². The van der Waals surface area contributed by atoms with E-state index in [-0.39, 0.29) is 11.9 Å². The van der Waals surface area contributed by atoms with Gasteiger partial charge in [0.15, 0.2) is 0 Å². The van der Waals surface area contributed by atoms with Gasteiger partial charge in [-0.15, -0.1) is 0 Å². The van der Waals surface area contributed by atoms with E-state index >= 15 is 0 Å². The van der Waals surface area contributed by atoms with Crippen LogP contribution in [0.2, 0.25) is 0 Å². The highest BCUT2D eigenvalue weighted by Crippen LogP contribution is 2.29. The van der Waals surface area contributed by atoms with Crippen LogP contribution >= 0.6 is 0 Å². The monoisotopic (exact) mass is 378 g/mol. The summed E-state index contributed by atoms with van der Waals surface area (Å²) in [6.07, 6.45) is 0.425. The van der Waals surface area contributed by atoms with Crippen LogP contribution in [0.5, 0.6) is 0 Å². The molecule has 0 bridgehead atoms. The lowest BCUT2D eigenvalue weighted by molar-refractivity contribution is -0.157. The van der Waals surface area contributed by atoms with Crippen molar-refractivity contribution in [1.29, 1.82) is 0 Å². The van der Waals surface area contributed by atoms with Crippen LogP contribution in [0, 0.1) is 11.8 Å². The predicted octanol–water partition coefficient (Wildman–Crippen LogP) is 3.73. The predicted molar refractivity (Wildman–Crippen MR) is 101 cm³/mol. The summed E-state index contributed by atoms with van der Waals surface area (Å²) in [7, 11) is 2.60. The average Bonchev–Trinajstić information content (AvgIpc) is 2.62. The first-order chi connectivity index (χ1) is 12.5. The Labute approximate surface area is 161 Å². The molecule has 0 heterocycles. The molecule has 0 spiro atoms. The maximum atomic E-state index is 12.1. The topological polar surface area (TPSA) is 78.9 Å². The third kappa shape index (κ3) is 6.70. The molecule has 6 heteroatoms. The van der Waals surface area contributed by atoms with Crippen molar-refractivity contribution in [3.05, 3.63) is 35.4 Å². The van der Waals surface area contributed by atoms with E-state index in [1.165, 1.54) is 14.2 Å². The number of methoxy groups -OCH3 is 2. The van der Waals surface area contributed by atoms with Gasteiger partial charge in [-0.05, 0) is 50.8 Å². The van der Waals surface area contributed by atoms with Gasteiger partial charge in [-0.3, -0.25) is 9.59 Å². The molecule has 1 rings (SSSR count). The van der Waals surface area contributed by atoms with Crippen molar-refractivity contribution in [2.24, 2.45) is 11.8 Å². The Morgan fingerprint density at radius 1 is 0.926 bits per heavy atom. The summed E-state index contributed by atoms with van der Waals surface area (Å²) in [5.74, 6) is -2.50. The minimum Gasteiger partial charge on any atom is -0.469 e. The number of hydrogen-bond donors (Lipinski definition) is 0. The van der Waals surface area contributed by atoms with Gasteiger partial charge in [0.25, 0.3) is 0 Å². The Balaban J connectivity index is 2.90. The van der Waals surface area contributed by atoms with Crippen LogP contribution < -0.4 is 0 Å². The molecular formula is C21H30O6. The molecule has 1 aromatic rings. The lowest BCUT2D eigenvalue weighted by Gasteiger charge is -2.23. The van der Waals surface area contributed by atoms with Crippen LogP contribution in [0.1, 0.15) is 62.9 Å². The zero-order chi connectivity index (χ0) is 20.8. The van der Waals surface area contributed by atoms with Gasteiger partial charge in [-0.2, -0.15) is 0 Å². The number of benzene rings is 1. The van der Waals surface area contributed by atoms with Crippen molar-refractivity contribution in [3.63, 3.8) is 0 Å². The van der Waals surface area contributed by atoms with Crippen LogP contribution in [0.3, 0.4) is 0 Å². The summed E-state index contributed by atoms with van der Waals surface area (Å²) >= 11 is 0. The second-order valence-electron chi connectivity index (χ2n) is 7.70. The van der Waals surface area contributed by atoms with Gasteiger partial charge in [0.2, 0.25) is 0 Å². The summed E-state index contributed by atoms with van der Waals surface area (Å²) in [6.45, 7) is 9.07. The number of ether oxygens (including phenoxy) is 3. The highest BCUT2D eigenvalue weighted by molar-refractivity contribution is 5.89. The standard InChI is InChI=1S/C21H30O6/c1-13(12-17(20(24)26-7)14(2)18(22)25-6)15-8-10-16(11-9-15)19(23)27-21(3,4)5/h8-11,13-14,17H,12H2,1-7H3. The third-order valence-corrected chi connectivity index (χ3v) is 4.40. The Morgan fingerprint density at radius 3 is 1.89 bits per heavy atom. The van der Waals surface area contributed by atoms with Crippen molar-refractivity contribution >= 4 is 17.9 Å². The fourth-order valence-corrected chi connectivity index (χ4v) is 2.81. The number of carbonyl (C=O) groups is 3. The van der Waals surface area contributed by atoms with E-state index in [0.717, 1.165) is 5.56 Å². The molecule has 27 heavy (non-hydrogen) atoms. The molecule has 0 saturated carbocycles. The van der Waals surface area contributed by atoms with Gasteiger partial charge in [0.05, 0.1) is 31.6 Å². The van der Waals surface area contributed by atoms with E-state index in [0.29, 0.717) is 12.0 Å². The van der Waals surface area contributed by atoms with Gasteiger partial charge >= 0.3 is 17.9 Å². The molecule has 0 aliphatic heterocycles. The first kappa shape index (κ1) is 22.7. The molecule has 6 nitrogen and oxygen atoms in total. The van der Waals surface area contributed by atoms with E-state index in [9.17, 15) is 14.4 Å². The first-order valence-corrected chi connectivity index (χ1v) is 8.99. The molecule has 0 fully saturated rings. The van der Waals surface area contributed by atoms with Crippen LogP contribution in [-0.2, 0) is 23.8 Å². The highest BCUT2D eigenvalue weighted by Gasteiger charge is 2.33. The molecule has 3 unspecified atom stereocenters. The molecular weight excluding hydrogens is 348 g/mol. The minimum absolute atomic E-state index is 0.0195. The largest absolute Gasteiger partial charge is 0.469 e. The molecule has 0 saturated heterocycles. The average molecular weight is 378 g/mol. The minimum atomic E-state index is -0.608. The number of rotatable bonds is 7. The normalized spacial score (nSPS) is 14.6. The van der Waals surface area contributed by atoms with Gasteiger partial charge < -0.3 is 14.2 Å². The van der Waals surface area contributed by atoms with Gasteiger partial charge in [-0.1, -0.05) is 26.0 Å². The summed E-state index contributed by atoms with van der Waals surface area (Å²) in [6, 6.07) is 7.08. The van der Waals surface area contributed by atoms with Crippen LogP contribution in [-0.4, -0.2) is 37.7 Å². The maximum Gasteiger partial charge on any atom is 0.338 e. The van der Waals surface area contributed by atoms with Crippen LogP contribution in [0.25, 0.3) is 0 Å². The Hall–Kier alpha value is -2.37. The van der Waals surface area contributed by atoms with Gasteiger partial charge in [0.1, 0.15) is 5.60 Å². The van der Waals surface area contributed by atoms with Crippen LogP contribution in [0.15, 0.2) is 24.3 Å². The van der Waals surface area contributed by atoms with E-state index in [4.69, 9.17) is 14.2 Å². The summed E-state index contributed by atoms with van der Waals surface area (Å²) in [5.41, 5.74) is 0.863. The fourth-order valence-electron chi connectivity index (χ4n) is 2.81.